The highest BCUT2D eigenvalue weighted by atomic mass is 35.5. The number of hydrogen-bond donors (Lipinski definition) is 1. The van der Waals surface area contributed by atoms with Gasteiger partial charge >= 0.3 is 6.18 Å². The number of aromatic nitrogens is 2. The highest BCUT2D eigenvalue weighted by molar-refractivity contribution is 6.32. The summed E-state index contributed by atoms with van der Waals surface area (Å²) < 4.78 is 35.9. The quantitative estimate of drug-likeness (QED) is 0.896. The summed E-state index contributed by atoms with van der Waals surface area (Å²) in [6.07, 6.45) is -4.15. The Hall–Kier alpha value is -1.24. The van der Waals surface area contributed by atoms with E-state index in [2.05, 4.69) is 9.97 Å². The van der Waals surface area contributed by atoms with E-state index in [-0.39, 0.29) is 17.4 Å². The number of H-pyrrole nitrogens is 1. The van der Waals surface area contributed by atoms with Crippen LogP contribution < -0.4 is 10.5 Å². The van der Waals surface area contributed by atoms with Crippen molar-refractivity contribution < 1.29 is 13.2 Å². The van der Waals surface area contributed by atoms with Gasteiger partial charge in [0, 0.05) is 13.6 Å². The van der Waals surface area contributed by atoms with Gasteiger partial charge in [-0.1, -0.05) is 11.6 Å². The molecule has 0 aromatic carbocycles. The Labute approximate surface area is 94.1 Å². The smallest absolute Gasteiger partial charge is 0.358 e. The molecule has 0 aliphatic rings. The van der Waals surface area contributed by atoms with Gasteiger partial charge in [-0.05, 0) is 0 Å². The predicted octanol–water partition coefficient (Wildman–Crippen LogP) is 1.81. The fourth-order valence-corrected chi connectivity index (χ4v) is 1.29. The first-order chi connectivity index (χ1) is 7.31. The summed E-state index contributed by atoms with van der Waals surface area (Å²) in [6, 6.07) is 0. The van der Waals surface area contributed by atoms with Crippen molar-refractivity contribution in [3.05, 3.63) is 21.7 Å². The van der Waals surface area contributed by atoms with Gasteiger partial charge in [0.2, 0.25) is 0 Å². The first-order valence-corrected chi connectivity index (χ1v) is 4.70. The van der Waals surface area contributed by atoms with Crippen molar-refractivity contribution >= 4 is 17.4 Å². The molecule has 90 valence electrons. The fraction of sp³-hybridized carbons (Fsp3) is 0.500. The summed E-state index contributed by atoms with van der Waals surface area (Å²) in [5.41, 5.74) is -0.578. The van der Waals surface area contributed by atoms with Crippen LogP contribution in [0.25, 0.3) is 0 Å². The third-order valence-corrected chi connectivity index (χ3v) is 2.21. The zero-order valence-corrected chi connectivity index (χ0v) is 9.06. The number of hydrogen-bond acceptors (Lipinski definition) is 3. The average Bonchev–Trinajstić information content (AvgIpc) is 2.17. The molecule has 0 aliphatic carbocycles. The van der Waals surface area contributed by atoms with Gasteiger partial charge < -0.3 is 9.88 Å². The molecular formula is C8H9ClF3N3O. The van der Waals surface area contributed by atoms with Crippen LogP contribution in [-0.4, -0.2) is 29.7 Å². The van der Waals surface area contributed by atoms with Crippen molar-refractivity contribution in [2.45, 2.75) is 12.6 Å². The fourth-order valence-electron chi connectivity index (χ4n) is 1.04. The van der Waals surface area contributed by atoms with E-state index in [1.807, 2.05) is 0 Å². The van der Waals surface area contributed by atoms with Crippen LogP contribution in [0.2, 0.25) is 5.02 Å². The van der Waals surface area contributed by atoms with E-state index in [1.165, 1.54) is 11.9 Å². The number of nitrogens with zero attached hydrogens (tertiary/aromatic N) is 2. The lowest BCUT2D eigenvalue weighted by Crippen LogP contribution is -2.26. The van der Waals surface area contributed by atoms with E-state index in [0.717, 1.165) is 6.33 Å². The van der Waals surface area contributed by atoms with E-state index in [1.54, 1.807) is 0 Å². The summed E-state index contributed by atoms with van der Waals surface area (Å²) >= 11 is 5.61. The third-order valence-electron chi connectivity index (χ3n) is 1.87. The Morgan fingerprint density at radius 1 is 1.56 bits per heavy atom. The summed E-state index contributed by atoms with van der Waals surface area (Å²) in [4.78, 5) is 18.2. The first kappa shape index (κ1) is 12.8. The monoisotopic (exact) mass is 255 g/mol. The lowest BCUT2D eigenvalue weighted by Gasteiger charge is -2.19. The maximum atomic E-state index is 12.0. The van der Waals surface area contributed by atoms with E-state index < -0.39 is 18.2 Å². The van der Waals surface area contributed by atoms with Gasteiger partial charge in [0.05, 0.1) is 12.7 Å². The molecule has 4 nitrogen and oxygen atoms in total. The Bertz CT molecular complexity index is 418. The van der Waals surface area contributed by atoms with Gasteiger partial charge in [0.25, 0.3) is 5.56 Å². The van der Waals surface area contributed by atoms with Gasteiger partial charge in [0.1, 0.15) is 5.02 Å². The average molecular weight is 256 g/mol. The second-order valence-corrected chi connectivity index (χ2v) is 3.53. The summed E-state index contributed by atoms with van der Waals surface area (Å²) in [5, 5.41) is -0.216. The minimum atomic E-state index is -4.25. The Balaban J connectivity index is 2.77. The number of aromatic amines is 1. The summed E-state index contributed by atoms with van der Waals surface area (Å²) in [7, 11) is 1.39. The highest BCUT2D eigenvalue weighted by Crippen LogP contribution is 2.22. The first-order valence-electron chi connectivity index (χ1n) is 4.32. The van der Waals surface area contributed by atoms with Crippen LogP contribution in [0.4, 0.5) is 19.0 Å². The van der Waals surface area contributed by atoms with Crippen LogP contribution in [0.15, 0.2) is 11.1 Å². The van der Waals surface area contributed by atoms with Crippen molar-refractivity contribution in [3.63, 3.8) is 0 Å². The molecule has 1 aromatic heterocycles. The lowest BCUT2D eigenvalue weighted by molar-refractivity contribution is -0.132. The molecule has 16 heavy (non-hydrogen) atoms. The molecule has 0 fully saturated rings. The third kappa shape index (κ3) is 3.41. The SMILES string of the molecule is CN(CCC(F)(F)F)c1nc[nH]c(=O)c1Cl. The van der Waals surface area contributed by atoms with Gasteiger partial charge in [-0.2, -0.15) is 13.2 Å². The Morgan fingerprint density at radius 3 is 2.75 bits per heavy atom. The van der Waals surface area contributed by atoms with Crippen LogP contribution in [0.5, 0.6) is 0 Å². The normalized spacial score (nSPS) is 11.6. The molecule has 8 heteroatoms. The van der Waals surface area contributed by atoms with Crippen molar-refractivity contribution in [3.8, 4) is 0 Å². The second kappa shape index (κ2) is 4.73. The summed E-state index contributed by atoms with van der Waals surface area (Å²) in [5.74, 6) is 0.0367. The van der Waals surface area contributed by atoms with Gasteiger partial charge in [-0.25, -0.2) is 4.98 Å². The minimum absolute atomic E-state index is 0.0367. The molecule has 1 N–H and O–H groups in total. The zero-order valence-electron chi connectivity index (χ0n) is 8.31. The number of halogens is 4. The van der Waals surface area contributed by atoms with Crippen molar-refractivity contribution in [1.82, 2.24) is 9.97 Å². The van der Waals surface area contributed by atoms with Crippen LogP contribution >= 0.6 is 11.6 Å². The molecule has 0 unspecified atom stereocenters. The van der Waals surface area contributed by atoms with E-state index in [9.17, 15) is 18.0 Å². The zero-order chi connectivity index (χ0) is 12.3. The summed E-state index contributed by atoms with van der Waals surface area (Å²) in [6.45, 7) is -0.306. The molecule has 0 bridgehead atoms. The molecule has 0 aliphatic heterocycles. The minimum Gasteiger partial charge on any atom is -0.358 e. The van der Waals surface area contributed by atoms with Gasteiger partial charge in [-0.3, -0.25) is 4.79 Å². The lowest BCUT2D eigenvalue weighted by atomic mass is 10.4. The second-order valence-electron chi connectivity index (χ2n) is 3.16. The molecule has 0 saturated carbocycles. The van der Waals surface area contributed by atoms with E-state index in [0.29, 0.717) is 0 Å². The van der Waals surface area contributed by atoms with Crippen LogP contribution in [0.1, 0.15) is 6.42 Å². The van der Waals surface area contributed by atoms with Gasteiger partial charge in [0.15, 0.2) is 5.82 Å². The standard InChI is InChI=1S/C8H9ClF3N3O/c1-15(3-2-8(10,11)12)6-5(9)7(16)14-4-13-6/h4H,2-3H2,1H3,(H,13,14,16). The maximum absolute atomic E-state index is 12.0. The van der Waals surface area contributed by atoms with Gasteiger partial charge in [-0.15, -0.1) is 0 Å². The number of anilines is 1. The Kier molecular flexibility index (Phi) is 3.79. The van der Waals surface area contributed by atoms with E-state index >= 15 is 0 Å². The molecule has 0 saturated heterocycles. The molecule has 1 heterocycles. The van der Waals surface area contributed by atoms with Crippen molar-refractivity contribution in [2.75, 3.05) is 18.5 Å². The maximum Gasteiger partial charge on any atom is 0.390 e. The topological polar surface area (TPSA) is 49.0 Å². The van der Waals surface area contributed by atoms with Crippen LogP contribution in [0.3, 0.4) is 0 Å². The molecule has 0 atom stereocenters. The predicted molar refractivity (Wildman–Crippen MR) is 53.8 cm³/mol. The van der Waals surface area contributed by atoms with Crippen LogP contribution in [-0.2, 0) is 0 Å². The molecule has 0 spiro atoms. The van der Waals surface area contributed by atoms with Crippen molar-refractivity contribution in [1.29, 1.82) is 0 Å². The number of nitrogens with one attached hydrogen (secondary N) is 1. The van der Waals surface area contributed by atoms with E-state index in [4.69, 9.17) is 11.6 Å². The molecule has 0 radical (unpaired) electrons. The number of rotatable bonds is 3. The molecule has 0 amide bonds. The highest BCUT2D eigenvalue weighted by Gasteiger charge is 2.27. The molecule has 1 rings (SSSR count). The number of alkyl halides is 3. The van der Waals surface area contributed by atoms with Crippen molar-refractivity contribution in [2.24, 2.45) is 0 Å². The Morgan fingerprint density at radius 2 is 2.19 bits per heavy atom. The van der Waals surface area contributed by atoms with Crippen LogP contribution in [0, 0.1) is 0 Å². The molecular weight excluding hydrogens is 247 g/mol. The molecule has 1 aromatic rings. The largest absolute Gasteiger partial charge is 0.390 e.